The molecule has 0 aliphatic carbocycles. The maximum atomic E-state index is 11.5. The lowest BCUT2D eigenvalue weighted by Crippen LogP contribution is -2.40. The van der Waals surface area contributed by atoms with E-state index in [1.165, 1.54) is 0 Å². The molecule has 1 heterocycles. The average molecular weight is 219 g/mol. The van der Waals surface area contributed by atoms with Crippen LogP contribution < -0.4 is 5.32 Å². The summed E-state index contributed by atoms with van der Waals surface area (Å²) >= 11 is 6.70. The van der Waals surface area contributed by atoms with Crippen LogP contribution in [0.3, 0.4) is 0 Å². The van der Waals surface area contributed by atoms with E-state index in [0.29, 0.717) is 10.0 Å². The van der Waals surface area contributed by atoms with Gasteiger partial charge in [0.2, 0.25) is 0 Å². The predicted molar refractivity (Wildman–Crippen MR) is 54.3 cm³/mol. The lowest BCUT2D eigenvalue weighted by Gasteiger charge is -2.19. The van der Waals surface area contributed by atoms with E-state index in [2.05, 4.69) is 9.69 Å². The van der Waals surface area contributed by atoms with Gasteiger partial charge in [0.15, 0.2) is 0 Å². The van der Waals surface area contributed by atoms with Crippen LogP contribution in [0.25, 0.3) is 0 Å². The van der Waals surface area contributed by atoms with Gasteiger partial charge in [0.05, 0.1) is 0 Å². The first kappa shape index (κ1) is 10.5. The number of halogens is 1. The maximum absolute atomic E-state index is 11.5. The summed E-state index contributed by atoms with van der Waals surface area (Å²) in [4.78, 5) is 12.0. The molecule has 0 saturated carbocycles. The molecule has 0 unspecified atom stereocenters. The third-order valence-corrected chi connectivity index (χ3v) is 2.28. The fraction of sp³-hybridized carbons (Fsp3) is 0.500. The quantitative estimate of drug-likeness (QED) is 0.786. The Balaban J connectivity index is 2.70. The zero-order valence-electron chi connectivity index (χ0n) is 7.72. The van der Waals surface area contributed by atoms with Crippen LogP contribution in [0.15, 0.2) is 6.07 Å². The summed E-state index contributed by atoms with van der Waals surface area (Å²) in [6, 6.07) is 1.56. The average Bonchev–Trinajstić information content (AvgIpc) is 2.31. The second kappa shape index (κ2) is 3.64. The third-order valence-electron chi connectivity index (χ3n) is 1.19. The number of aromatic nitrogens is 1. The highest BCUT2D eigenvalue weighted by Gasteiger charge is 2.16. The third kappa shape index (κ3) is 3.32. The zero-order valence-corrected chi connectivity index (χ0v) is 9.29. The van der Waals surface area contributed by atoms with Crippen molar-refractivity contribution < 1.29 is 4.79 Å². The summed E-state index contributed by atoms with van der Waals surface area (Å²) < 4.78 is 3.81. The molecule has 0 spiro atoms. The number of amides is 1. The molecule has 0 aliphatic rings. The smallest absolute Gasteiger partial charge is 0.263 e. The van der Waals surface area contributed by atoms with E-state index in [1.807, 2.05) is 20.8 Å². The Kier molecular flexibility index (Phi) is 2.93. The van der Waals surface area contributed by atoms with E-state index in [4.69, 9.17) is 11.6 Å². The first-order valence-corrected chi connectivity index (χ1v) is 4.98. The SMILES string of the molecule is CC(C)(C)NC(=O)c1cc(Cl)ns1. The van der Waals surface area contributed by atoms with Crippen LogP contribution in [-0.4, -0.2) is 15.8 Å². The van der Waals surface area contributed by atoms with Crippen LogP contribution in [-0.2, 0) is 0 Å². The second-order valence-electron chi connectivity index (χ2n) is 3.72. The Morgan fingerprint density at radius 3 is 2.62 bits per heavy atom. The van der Waals surface area contributed by atoms with E-state index in [-0.39, 0.29) is 11.4 Å². The molecule has 3 nitrogen and oxygen atoms in total. The topological polar surface area (TPSA) is 42.0 Å². The van der Waals surface area contributed by atoms with Crippen molar-refractivity contribution >= 4 is 29.0 Å². The largest absolute Gasteiger partial charge is 0.347 e. The molecule has 1 N–H and O–H groups in total. The van der Waals surface area contributed by atoms with Crippen molar-refractivity contribution in [3.05, 3.63) is 16.1 Å². The van der Waals surface area contributed by atoms with E-state index >= 15 is 0 Å². The first-order chi connectivity index (χ1) is 5.88. The van der Waals surface area contributed by atoms with Gasteiger partial charge in [0.25, 0.3) is 5.91 Å². The van der Waals surface area contributed by atoms with Crippen LogP contribution in [0, 0.1) is 0 Å². The van der Waals surface area contributed by atoms with Gasteiger partial charge in [-0.25, -0.2) is 0 Å². The van der Waals surface area contributed by atoms with Gasteiger partial charge in [-0.2, -0.15) is 4.37 Å². The minimum Gasteiger partial charge on any atom is -0.347 e. The predicted octanol–water partition coefficient (Wildman–Crippen LogP) is 2.32. The molecular weight excluding hydrogens is 208 g/mol. The Morgan fingerprint density at radius 2 is 2.23 bits per heavy atom. The van der Waals surface area contributed by atoms with E-state index in [0.717, 1.165) is 11.5 Å². The molecule has 0 bridgehead atoms. The molecule has 1 amide bonds. The maximum Gasteiger partial charge on any atom is 0.263 e. The van der Waals surface area contributed by atoms with Crippen molar-refractivity contribution in [2.24, 2.45) is 0 Å². The molecule has 0 aromatic carbocycles. The van der Waals surface area contributed by atoms with Gasteiger partial charge >= 0.3 is 0 Å². The van der Waals surface area contributed by atoms with Gasteiger partial charge < -0.3 is 5.32 Å². The minimum absolute atomic E-state index is 0.128. The van der Waals surface area contributed by atoms with E-state index in [1.54, 1.807) is 6.07 Å². The molecule has 1 aromatic rings. The molecule has 0 fully saturated rings. The normalized spacial score (nSPS) is 11.4. The monoisotopic (exact) mass is 218 g/mol. The van der Waals surface area contributed by atoms with Crippen molar-refractivity contribution in [1.29, 1.82) is 0 Å². The highest BCUT2D eigenvalue weighted by atomic mass is 35.5. The summed E-state index contributed by atoms with van der Waals surface area (Å²) in [7, 11) is 0. The standard InChI is InChI=1S/C8H11ClN2OS/c1-8(2,3)10-7(12)5-4-6(9)11-13-5/h4H,1-3H3,(H,10,12). The van der Waals surface area contributed by atoms with Crippen molar-refractivity contribution in [2.75, 3.05) is 0 Å². The van der Waals surface area contributed by atoms with Crippen LogP contribution in [0.4, 0.5) is 0 Å². The van der Waals surface area contributed by atoms with Crippen LogP contribution in [0.5, 0.6) is 0 Å². The number of hydrogen-bond acceptors (Lipinski definition) is 3. The van der Waals surface area contributed by atoms with E-state index in [9.17, 15) is 4.79 Å². The molecule has 0 aliphatic heterocycles. The van der Waals surface area contributed by atoms with E-state index < -0.39 is 0 Å². The summed E-state index contributed by atoms with van der Waals surface area (Å²) in [5.41, 5.74) is -0.229. The number of carbonyl (C=O) groups excluding carboxylic acids is 1. The molecular formula is C8H11ClN2OS. The van der Waals surface area contributed by atoms with Crippen molar-refractivity contribution in [3.63, 3.8) is 0 Å². The Labute approximate surface area is 86.3 Å². The van der Waals surface area contributed by atoms with Gasteiger partial charge in [0.1, 0.15) is 10.0 Å². The number of hydrogen-bond donors (Lipinski definition) is 1. The summed E-state index contributed by atoms with van der Waals surface area (Å²) in [5.74, 6) is -0.128. The number of rotatable bonds is 1. The molecule has 1 rings (SSSR count). The molecule has 13 heavy (non-hydrogen) atoms. The molecule has 72 valence electrons. The highest BCUT2D eigenvalue weighted by molar-refractivity contribution is 7.08. The first-order valence-electron chi connectivity index (χ1n) is 3.83. The highest BCUT2D eigenvalue weighted by Crippen LogP contribution is 2.15. The molecule has 0 atom stereocenters. The molecule has 5 heteroatoms. The van der Waals surface area contributed by atoms with Crippen LogP contribution in [0.2, 0.25) is 5.15 Å². The zero-order chi connectivity index (χ0) is 10.1. The van der Waals surface area contributed by atoms with Crippen LogP contribution >= 0.6 is 23.1 Å². The second-order valence-corrected chi connectivity index (χ2v) is 4.91. The fourth-order valence-electron chi connectivity index (χ4n) is 0.763. The summed E-state index contributed by atoms with van der Waals surface area (Å²) in [6.07, 6.45) is 0. The van der Waals surface area contributed by atoms with Gasteiger partial charge in [-0.15, -0.1) is 0 Å². The summed E-state index contributed by atoms with van der Waals surface area (Å²) in [6.45, 7) is 5.77. The van der Waals surface area contributed by atoms with Gasteiger partial charge in [0, 0.05) is 11.6 Å². The molecule has 0 radical (unpaired) electrons. The fourth-order valence-corrected chi connectivity index (χ4v) is 1.58. The van der Waals surface area contributed by atoms with Crippen LogP contribution in [0.1, 0.15) is 30.4 Å². The van der Waals surface area contributed by atoms with Gasteiger partial charge in [-0.1, -0.05) is 11.6 Å². The van der Waals surface area contributed by atoms with Crippen molar-refractivity contribution in [2.45, 2.75) is 26.3 Å². The molecule has 1 aromatic heterocycles. The van der Waals surface area contributed by atoms with Gasteiger partial charge in [-0.05, 0) is 32.3 Å². The van der Waals surface area contributed by atoms with Crippen molar-refractivity contribution in [1.82, 2.24) is 9.69 Å². The minimum atomic E-state index is -0.229. The number of nitrogens with one attached hydrogen (secondary N) is 1. The lowest BCUT2D eigenvalue weighted by atomic mass is 10.1. The van der Waals surface area contributed by atoms with Gasteiger partial charge in [-0.3, -0.25) is 4.79 Å². The Morgan fingerprint density at radius 1 is 1.62 bits per heavy atom. The number of nitrogens with zero attached hydrogens (tertiary/aromatic N) is 1. The Bertz CT molecular complexity index is 316. The molecule has 0 saturated heterocycles. The van der Waals surface area contributed by atoms with Crippen molar-refractivity contribution in [3.8, 4) is 0 Å². The lowest BCUT2D eigenvalue weighted by molar-refractivity contribution is 0.0924. The summed E-state index contributed by atoms with van der Waals surface area (Å²) in [5, 5.41) is 3.19. The Hall–Kier alpha value is -0.610. The number of carbonyl (C=O) groups is 1.